The Morgan fingerprint density at radius 3 is 2.85 bits per heavy atom. The third-order valence-electron chi connectivity index (χ3n) is 2.05. The van der Waals surface area contributed by atoms with Crippen LogP contribution in [0.2, 0.25) is 0 Å². The normalized spacial score (nSPS) is 15.4. The largest absolute Gasteiger partial charge is 0.394 e. The average Bonchev–Trinajstić information content (AvgIpc) is 2.09. The first kappa shape index (κ1) is 10.2. The van der Waals surface area contributed by atoms with Crippen molar-refractivity contribution in [2.24, 2.45) is 5.73 Å². The summed E-state index contributed by atoms with van der Waals surface area (Å²) in [5.74, 6) is 0. The van der Waals surface area contributed by atoms with Crippen LogP contribution in [-0.4, -0.2) is 22.2 Å². The molecular formula is C10H16N2O. The summed E-state index contributed by atoms with van der Waals surface area (Å²) in [6.45, 7) is 3.79. The van der Waals surface area contributed by atoms with E-state index in [9.17, 15) is 0 Å². The topological polar surface area (TPSA) is 59.1 Å². The third kappa shape index (κ3) is 2.79. The predicted octanol–water partition coefficient (Wildman–Crippen LogP) is 0.642. The summed E-state index contributed by atoms with van der Waals surface area (Å²) in [5.41, 5.74) is 7.33. The number of pyridine rings is 1. The van der Waals surface area contributed by atoms with Crippen LogP contribution in [0.25, 0.3) is 0 Å². The first-order chi connectivity index (χ1) is 6.05. The van der Waals surface area contributed by atoms with Crippen LogP contribution >= 0.6 is 0 Å². The highest BCUT2D eigenvalue weighted by atomic mass is 16.3. The van der Waals surface area contributed by atoms with Gasteiger partial charge in [-0.25, -0.2) is 0 Å². The summed E-state index contributed by atoms with van der Waals surface area (Å²) in [6.07, 6.45) is 2.35. The number of hydrogen-bond donors (Lipinski definition) is 2. The van der Waals surface area contributed by atoms with E-state index in [1.807, 2.05) is 26.0 Å². The van der Waals surface area contributed by atoms with Crippen LogP contribution in [-0.2, 0) is 6.42 Å². The molecule has 72 valence electrons. The fourth-order valence-electron chi connectivity index (χ4n) is 1.14. The van der Waals surface area contributed by atoms with Gasteiger partial charge in [0.25, 0.3) is 0 Å². The van der Waals surface area contributed by atoms with Gasteiger partial charge in [0.1, 0.15) is 0 Å². The van der Waals surface area contributed by atoms with E-state index in [0.717, 1.165) is 11.3 Å². The SMILES string of the molecule is Cc1cccnc1CC(C)(N)CO. The molecule has 0 fully saturated rings. The summed E-state index contributed by atoms with van der Waals surface area (Å²) >= 11 is 0. The Labute approximate surface area is 78.6 Å². The quantitative estimate of drug-likeness (QED) is 0.717. The van der Waals surface area contributed by atoms with Gasteiger partial charge in [-0.2, -0.15) is 0 Å². The van der Waals surface area contributed by atoms with Crippen molar-refractivity contribution in [3.05, 3.63) is 29.6 Å². The number of hydrogen-bond acceptors (Lipinski definition) is 3. The fraction of sp³-hybridized carbons (Fsp3) is 0.500. The van der Waals surface area contributed by atoms with Gasteiger partial charge in [0, 0.05) is 23.9 Å². The maximum Gasteiger partial charge on any atom is 0.0612 e. The van der Waals surface area contributed by atoms with Crippen LogP contribution in [0.4, 0.5) is 0 Å². The number of nitrogens with zero attached hydrogens (tertiary/aromatic N) is 1. The van der Waals surface area contributed by atoms with Gasteiger partial charge in [-0.15, -0.1) is 0 Å². The zero-order valence-corrected chi connectivity index (χ0v) is 8.12. The molecule has 1 heterocycles. The molecule has 1 aromatic heterocycles. The van der Waals surface area contributed by atoms with E-state index in [1.165, 1.54) is 0 Å². The monoisotopic (exact) mass is 180 g/mol. The third-order valence-corrected chi connectivity index (χ3v) is 2.05. The Morgan fingerprint density at radius 1 is 1.62 bits per heavy atom. The molecule has 0 aliphatic carbocycles. The minimum absolute atomic E-state index is 0.0248. The minimum atomic E-state index is -0.570. The van der Waals surface area contributed by atoms with Crippen LogP contribution in [0.3, 0.4) is 0 Å². The van der Waals surface area contributed by atoms with E-state index >= 15 is 0 Å². The minimum Gasteiger partial charge on any atom is -0.394 e. The van der Waals surface area contributed by atoms with E-state index in [1.54, 1.807) is 6.20 Å². The molecule has 0 saturated carbocycles. The van der Waals surface area contributed by atoms with E-state index in [0.29, 0.717) is 6.42 Å². The summed E-state index contributed by atoms with van der Waals surface area (Å²) in [4.78, 5) is 4.22. The van der Waals surface area contributed by atoms with Crippen molar-refractivity contribution in [2.45, 2.75) is 25.8 Å². The second-order valence-corrected chi connectivity index (χ2v) is 3.76. The van der Waals surface area contributed by atoms with E-state index in [-0.39, 0.29) is 6.61 Å². The molecule has 3 N–H and O–H groups in total. The second kappa shape index (κ2) is 3.85. The Bertz CT molecular complexity index is 284. The number of aliphatic hydroxyl groups excluding tert-OH is 1. The molecule has 1 aromatic rings. The number of aromatic nitrogens is 1. The van der Waals surface area contributed by atoms with Crippen molar-refractivity contribution < 1.29 is 5.11 Å². The van der Waals surface area contributed by atoms with Crippen LogP contribution in [0.5, 0.6) is 0 Å². The molecule has 0 amide bonds. The number of aryl methyl sites for hydroxylation is 1. The van der Waals surface area contributed by atoms with Gasteiger partial charge in [-0.1, -0.05) is 6.07 Å². The highest BCUT2D eigenvalue weighted by Gasteiger charge is 2.19. The maximum atomic E-state index is 8.99. The molecule has 1 atom stereocenters. The van der Waals surface area contributed by atoms with Crippen molar-refractivity contribution in [2.75, 3.05) is 6.61 Å². The Morgan fingerprint density at radius 2 is 2.31 bits per heavy atom. The average molecular weight is 180 g/mol. The highest BCUT2D eigenvalue weighted by Crippen LogP contribution is 2.11. The lowest BCUT2D eigenvalue weighted by molar-refractivity contribution is 0.207. The molecule has 1 unspecified atom stereocenters. The standard InChI is InChI=1S/C10H16N2O/c1-8-4-3-5-12-9(8)6-10(2,11)7-13/h3-5,13H,6-7,11H2,1-2H3. The van der Waals surface area contributed by atoms with E-state index < -0.39 is 5.54 Å². The van der Waals surface area contributed by atoms with Crippen LogP contribution in [0, 0.1) is 6.92 Å². The molecule has 0 aliphatic heterocycles. The Hall–Kier alpha value is -0.930. The van der Waals surface area contributed by atoms with Crippen molar-refractivity contribution in [1.29, 1.82) is 0 Å². The van der Waals surface area contributed by atoms with E-state index in [2.05, 4.69) is 4.98 Å². The molecule has 0 bridgehead atoms. The first-order valence-corrected chi connectivity index (χ1v) is 4.35. The van der Waals surface area contributed by atoms with Gasteiger partial charge in [0.15, 0.2) is 0 Å². The lowest BCUT2D eigenvalue weighted by atomic mass is 9.96. The molecule has 0 aromatic carbocycles. The predicted molar refractivity (Wildman–Crippen MR) is 52.4 cm³/mol. The smallest absolute Gasteiger partial charge is 0.0612 e. The number of rotatable bonds is 3. The van der Waals surface area contributed by atoms with Gasteiger partial charge >= 0.3 is 0 Å². The second-order valence-electron chi connectivity index (χ2n) is 3.76. The van der Waals surface area contributed by atoms with Crippen molar-refractivity contribution in [1.82, 2.24) is 4.98 Å². The van der Waals surface area contributed by atoms with Crippen molar-refractivity contribution in [3.63, 3.8) is 0 Å². The Kier molecular flexibility index (Phi) is 3.01. The number of nitrogens with two attached hydrogens (primary N) is 1. The van der Waals surface area contributed by atoms with Crippen LogP contribution in [0.15, 0.2) is 18.3 Å². The molecule has 0 spiro atoms. The summed E-state index contributed by atoms with van der Waals surface area (Å²) in [7, 11) is 0. The van der Waals surface area contributed by atoms with Crippen LogP contribution in [0.1, 0.15) is 18.2 Å². The zero-order valence-electron chi connectivity index (χ0n) is 8.12. The molecule has 1 rings (SSSR count). The first-order valence-electron chi connectivity index (χ1n) is 4.35. The lowest BCUT2D eigenvalue weighted by Crippen LogP contribution is -2.42. The summed E-state index contributed by atoms with van der Waals surface area (Å²) in [6, 6.07) is 3.89. The molecular weight excluding hydrogens is 164 g/mol. The fourth-order valence-corrected chi connectivity index (χ4v) is 1.14. The van der Waals surface area contributed by atoms with Crippen LogP contribution < -0.4 is 5.73 Å². The van der Waals surface area contributed by atoms with Crippen molar-refractivity contribution >= 4 is 0 Å². The molecule has 3 heteroatoms. The van der Waals surface area contributed by atoms with Gasteiger partial charge < -0.3 is 10.8 Å². The molecule has 0 aliphatic rings. The molecule has 0 radical (unpaired) electrons. The van der Waals surface area contributed by atoms with Gasteiger partial charge in [-0.05, 0) is 25.5 Å². The maximum absolute atomic E-state index is 8.99. The highest BCUT2D eigenvalue weighted by molar-refractivity contribution is 5.19. The van der Waals surface area contributed by atoms with E-state index in [4.69, 9.17) is 10.8 Å². The lowest BCUT2D eigenvalue weighted by Gasteiger charge is -2.21. The van der Waals surface area contributed by atoms with Crippen molar-refractivity contribution in [3.8, 4) is 0 Å². The summed E-state index contributed by atoms with van der Waals surface area (Å²) in [5, 5.41) is 8.99. The zero-order chi connectivity index (χ0) is 9.90. The van der Waals surface area contributed by atoms with Gasteiger partial charge in [0.05, 0.1) is 6.61 Å². The summed E-state index contributed by atoms with van der Waals surface area (Å²) < 4.78 is 0. The number of aliphatic hydroxyl groups is 1. The van der Waals surface area contributed by atoms with Gasteiger partial charge in [-0.3, -0.25) is 4.98 Å². The Balaban J connectivity index is 2.80. The van der Waals surface area contributed by atoms with Gasteiger partial charge in [0.2, 0.25) is 0 Å². The molecule has 13 heavy (non-hydrogen) atoms. The molecule has 3 nitrogen and oxygen atoms in total. The molecule has 0 saturated heterocycles.